The lowest BCUT2D eigenvalue weighted by Gasteiger charge is -1.98. The van der Waals surface area contributed by atoms with Gasteiger partial charge in [-0.15, -0.1) is 10.2 Å². The number of nitrogens with zero attached hydrogens (tertiary/aromatic N) is 2. The third-order valence-electron chi connectivity index (χ3n) is 2.16. The minimum absolute atomic E-state index is 0.00683. The molecule has 0 unspecified atom stereocenters. The Labute approximate surface area is 102 Å². The topological polar surface area (TPSA) is 76.2 Å². The average Bonchev–Trinajstić information content (AvgIpc) is 2.75. The molecular formula is C12H9FN2O3. The normalized spacial score (nSPS) is 11.0. The van der Waals surface area contributed by atoms with Crippen LogP contribution in [0.15, 0.2) is 28.7 Å². The number of carbonyl (C=O) groups is 1. The molecule has 0 amide bonds. The van der Waals surface area contributed by atoms with Crippen LogP contribution in [-0.2, 0) is 4.79 Å². The number of aryl methyl sites for hydroxylation is 1. The number of carboxylic acids is 1. The molecule has 0 bridgehead atoms. The van der Waals surface area contributed by atoms with Gasteiger partial charge in [-0.05, 0) is 24.6 Å². The van der Waals surface area contributed by atoms with Crippen molar-refractivity contribution in [3.8, 4) is 11.5 Å². The Morgan fingerprint density at radius 1 is 1.44 bits per heavy atom. The number of carboxylic acid groups (broad SMARTS) is 1. The van der Waals surface area contributed by atoms with Gasteiger partial charge in [-0.3, -0.25) is 0 Å². The lowest BCUT2D eigenvalue weighted by Crippen LogP contribution is -1.85. The second-order valence-corrected chi connectivity index (χ2v) is 3.60. The van der Waals surface area contributed by atoms with Crippen LogP contribution in [0.2, 0.25) is 0 Å². The maximum absolute atomic E-state index is 13.6. The van der Waals surface area contributed by atoms with E-state index < -0.39 is 11.8 Å². The van der Waals surface area contributed by atoms with Gasteiger partial charge in [-0.1, -0.05) is 6.07 Å². The predicted molar refractivity (Wildman–Crippen MR) is 61.1 cm³/mol. The third kappa shape index (κ3) is 2.60. The number of hydrogen-bond acceptors (Lipinski definition) is 4. The molecule has 0 radical (unpaired) electrons. The summed E-state index contributed by atoms with van der Waals surface area (Å²) in [5.74, 6) is -1.58. The van der Waals surface area contributed by atoms with Gasteiger partial charge in [-0.2, -0.15) is 0 Å². The van der Waals surface area contributed by atoms with E-state index in [4.69, 9.17) is 9.52 Å². The van der Waals surface area contributed by atoms with Crippen LogP contribution in [0.4, 0.5) is 4.39 Å². The summed E-state index contributed by atoms with van der Waals surface area (Å²) in [5.41, 5.74) is 0.963. The zero-order chi connectivity index (χ0) is 13.1. The summed E-state index contributed by atoms with van der Waals surface area (Å²) in [6.07, 6.45) is 2.01. The van der Waals surface area contributed by atoms with E-state index in [9.17, 15) is 9.18 Å². The Bertz CT molecular complexity index is 620. The van der Waals surface area contributed by atoms with Gasteiger partial charge in [0.25, 0.3) is 5.89 Å². The van der Waals surface area contributed by atoms with Gasteiger partial charge in [-0.25, -0.2) is 9.18 Å². The van der Waals surface area contributed by atoms with Gasteiger partial charge in [0.05, 0.1) is 5.56 Å². The second-order valence-electron chi connectivity index (χ2n) is 3.60. The van der Waals surface area contributed by atoms with Crippen molar-refractivity contribution in [2.75, 3.05) is 0 Å². The Morgan fingerprint density at radius 3 is 2.89 bits per heavy atom. The molecule has 0 fully saturated rings. The monoisotopic (exact) mass is 248 g/mol. The van der Waals surface area contributed by atoms with E-state index in [1.165, 1.54) is 12.1 Å². The van der Waals surface area contributed by atoms with Crippen molar-refractivity contribution in [1.29, 1.82) is 0 Å². The quantitative estimate of drug-likeness (QED) is 0.843. The van der Waals surface area contributed by atoms with Crippen molar-refractivity contribution in [3.63, 3.8) is 0 Å². The molecule has 0 atom stereocenters. The largest absolute Gasteiger partial charge is 0.478 e. The van der Waals surface area contributed by atoms with Crippen molar-refractivity contribution >= 4 is 12.0 Å². The molecule has 18 heavy (non-hydrogen) atoms. The SMILES string of the molecule is Cc1ccc(-c2nnc(/C=C/C(=O)O)o2)c(F)c1. The maximum atomic E-state index is 13.6. The number of aromatic nitrogens is 2. The Hall–Kier alpha value is -2.50. The number of rotatable bonds is 3. The third-order valence-corrected chi connectivity index (χ3v) is 2.16. The first-order valence-electron chi connectivity index (χ1n) is 5.07. The summed E-state index contributed by atoms with van der Waals surface area (Å²) in [5, 5.41) is 15.7. The van der Waals surface area contributed by atoms with E-state index in [1.54, 1.807) is 13.0 Å². The molecule has 92 valence electrons. The van der Waals surface area contributed by atoms with E-state index in [-0.39, 0.29) is 17.3 Å². The number of aliphatic carboxylic acids is 1. The highest BCUT2D eigenvalue weighted by Crippen LogP contribution is 2.22. The maximum Gasteiger partial charge on any atom is 0.328 e. The van der Waals surface area contributed by atoms with E-state index >= 15 is 0 Å². The fourth-order valence-corrected chi connectivity index (χ4v) is 1.35. The molecule has 0 saturated carbocycles. The van der Waals surface area contributed by atoms with Gasteiger partial charge in [0.1, 0.15) is 5.82 Å². The smallest absolute Gasteiger partial charge is 0.328 e. The first-order valence-corrected chi connectivity index (χ1v) is 5.07. The molecule has 0 saturated heterocycles. The van der Waals surface area contributed by atoms with Crippen LogP contribution < -0.4 is 0 Å². The minimum atomic E-state index is -1.13. The van der Waals surface area contributed by atoms with E-state index in [0.717, 1.165) is 17.7 Å². The first-order chi connectivity index (χ1) is 8.56. The Morgan fingerprint density at radius 2 is 2.22 bits per heavy atom. The molecule has 0 spiro atoms. The molecule has 1 aromatic heterocycles. The molecule has 0 aliphatic carbocycles. The molecule has 1 N–H and O–H groups in total. The van der Waals surface area contributed by atoms with Crippen molar-refractivity contribution in [3.05, 3.63) is 41.5 Å². The second kappa shape index (κ2) is 4.79. The molecular weight excluding hydrogens is 239 g/mol. The zero-order valence-corrected chi connectivity index (χ0v) is 9.42. The van der Waals surface area contributed by atoms with Crippen LogP contribution >= 0.6 is 0 Å². The highest BCUT2D eigenvalue weighted by molar-refractivity contribution is 5.84. The number of benzene rings is 1. The minimum Gasteiger partial charge on any atom is -0.478 e. The number of hydrogen-bond donors (Lipinski definition) is 1. The molecule has 2 aromatic rings. The summed E-state index contributed by atoms with van der Waals surface area (Å²) in [4.78, 5) is 10.3. The summed E-state index contributed by atoms with van der Waals surface area (Å²) >= 11 is 0. The molecule has 0 aliphatic rings. The molecule has 2 rings (SSSR count). The van der Waals surface area contributed by atoms with Gasteiger partial charge >= 0.3 is 5.97 Å². The lowest BCUT2D eigenvalue weighted by molar-refractivity contribution is -0.131. The highest BCUT2D eigenvalue weighted by Gasteiger charge is 2.11. The zero-order valence-electron chi connectivity index (χ0n) is 9.42. The fraction of sp³-hybridized carbons (Fsp3) is 0.0833. The molecule has 6 heteroatoms. The average molecular weight is 248 g/mol. The summed E-state index contributed by atoms with van der Waals surface area (Å²) in [6.45, 7) is 1.77. The summed E-state index contributed by atoms with van der Waals surface area (Å²) in [6, 6.07) is 4.60. The molecule has 1 aromatic carbocycles. The van der Waals surface area contributed by atoms with Gasteiger partial charge in [0.2, 0.25) is 5.89 Å². The highest BCUT2D eigenvalue weighted by atomic mass is 19.1. The molecule has 5 nitrogen and oxygen atoms in total. The lowest BCUT2D eigenvalue weighted by atomic mass is 10.1. The van der Waals surface area contributed by atoms with E-state index in [1.807, 2.05) is 0 Å². The summed E-state index contributed by atoms with van der Waals surface area (Å²) in [7, 11) is 0. The van der Waals surface area contributed by atoms with Crippen LogP contribution in [0.5, 0.6) is 0 Å². The van der Waals surface area contributed by atoms with Crippen molar-refractivity contribution in [2.24, 2.45) is 0 Å². The van der Waals surface area contributed by atoms with Crippen molar-refractivity contribution in [2.45, 2.75) is 6.92 Å². The summed E-state index contributed by atoms with van der Waals surface area (Å²) < 4.78 is 18.7. The van der Waals surface area contributed by atoms with Crippen LogP contribution in [0.3, 0.4) is 0 Å². The van der Waals surface area contributed by atoms with E-state index in [0.29, 0.717) is 0 Å². The molecule has 1 heterocycles. The van der Waals surface area contributed by atoms with Gasteiger partial charge in [0, 0.05) is 12.2 Å². The Kier molecular flexibility index (Phi) is 3.18. The van der Waals surface area contributed by atoms with Crippen LogP contribution in [0.1, 0.15) is 11.5 Å². The van der Waals surface area contributed by atoms with Crippen LogP contribution in [0, 0.1) is 12.7 Å². The van der Waals surface area contributed by atoms with Gasteiger partial charge in [0.15, 0.2) is 0 Å². The Balaban J connectivity index is 2.32. The fourth-order valence-electron chi connectivity index (χ4n) is 1.35. The predicted octanol–water partition coefficient (Wildman–Crippen LogP) is 2.28. The standard InChI is InChI=1S/C12H9FN2O3/c1-7-2-3-8(9(13)6-7)12-15-14-10(18-12)4-5-11(16)17/h2-6H,1H3,(H,16,17)/b5-4+. The number of halogens is 1. The van der Waals surface area contributed by atoms with Crippen molar-refractivity contribution in [1.82, 2.24) is 10.2 Å². The van der Waals surface area contributed by atoms with E-state index in [2.05, 4.69) is 10.2 Å². The van der Waals surface area contributed by atoms with Crippen molar-refractivity contribution < 1.29 is 18.7 Å². The van der Waals surface area contributed by atoms with Gasteiger partial charge < -0.3 is 9.52 Å². The first kappa shape index (κ1) is 12.0. The van der Waals surface area contributed by atoms with Crippen LogP contribution in [0.25, 0.3) is 17.5 Å². The molecule has 0 aliphatic heterocycles. The van der Waals surface area contributed by atoms with Crippen LogP contribution in [-0.4, -0.2) is 21.3 Å².